The van der Waals surface area contributed by atoms with Crippen LogP contribution in [-0.2, 0) is 11.3 Å². The number of nitrogens with one attached hydrogen (secondary N) is 2. The van der Waals surface area contributed by atoms with E-state index in [1.807, 2.05) is 24.3 Å². The van der Waals surface area contributed by atoms with Crippen LogP contribution in [0.15, 0.2) is 84.9 Å². The van der Waals surface area contributed by atoms with Gasteiger partial charge in [-0.15, -0.1) is 0 Å². The molecule has 1 aliphatic heterocycles. The van der Waals surface area contributed by atoms with E-state index in [-0.39, 0.29) is 0 Å². The molecule has 3 aromatic rings. The molecule has 0 fully saturated rings. The number of anilines is 2. The second kappa shape index (κ2) is 10.1. The van der Waals surface area contributed by atoms with E-state index in [2.05, 4.69) is 64.8 Å². The second-order valence-electron chi connectivity index (χ2n) is 7.72. The first-order valence-electron chi connectivity index (χ1n) is 10.6. The largest absolute Gasteiger partial charge is 0.341 e. The summed E-state index contributed by atoms with van der Waals surface area (Å²) in [6.45, 7) is 2.76. The van der Waals surface area contributed by atoms with E-state index in [4.69, 9.17) is 5.21 Å². The first-order chi connectivity index (χ1) is 15.2. The number of para-hydroxylation sites is 2. The second-order valence-corrected chi connectivity index (χ2v) is 7.72. The van der Waals surface area contributed by atoms with E-state index in [0.29, 0.717) is 5.92 Å². The smallest absolute Gasteiger partial charge is 0.267 e. The third-order valence-electron chi connectivity index (χ3n) is 5.65. The minimum Gasteiger partial charge on any atom is -0.341 e. The molecular weight excluding hydrogens is 386 g/mol. The number of amides is 1. The van der Waals surface area contributed by atoms with Crippen molar-refractivity contribution in [1.82, 2.24) is 10.8 Å². The lowest BCUT2D eigenvalue weighted by atomic mass is 9.98. The van der Waals surface area contributed by atoms with Crippen molar-refractivity contribution in [3.8, 4) is 0 Å². The van der Waals surface area contributed by atoms with Crippen molar-refractivity contribution in [1.29, 1.82) is 0 Å². The van der Waals surface area contributed by atoms with Gasteiger partial charge in [0.1, 0.15) is 0 Å². The van der Waals surface area contributed by atoms with Gasteiger partial charge in [-0.2, -0.15) is 0 Å². The molecule has 3 N–H and O–H groups in total. The Labute approximate surface area is 183 Å². The van der Waals surface area contributed by atoms with Crippen molar-refractivity contribution in [2.45, 2.75) is 18.9 Å². The molecule has 158 valence electrons. The first kappa shape index (κ1) is 20.8. The lowest BCUT2D eigenvalue weighted by Gasteiger charge is -2.20. The van der Waals surface area contributed by atoms with E-state index >= 15 is 0 Å². The maximum atomic E-state index is 11.1. The molecule has 5 heteroatoms. The summed E-state index contributed by atoms with van der Waals surface area (Å²) in [4.78, 5) is 13.5. The highest BCUT2D eigenvalue weighted by Gasteiger charge is 2.28. The zero-order valence-corrected chi connectivity index (χ0v) is 17.4. The van der Waals surface area contributed by atoms with Crippen LogP contribution < -0.4 is 15.7 Å². The van der Waals surface area contributed by atoms with Gasteiger partial charge in [0.05, 0.1) is 0 Å². The fourth-order valence-corrected chi connectivity index (χ4v) is 4.06. The van der Waals surface area contributed by atoms with Gasteiger partial charge in [-0.1, -0.05) is 60.7 Å². The van der Waals surface area contributed by atoms with Crippen LogP contribution in [0.3, 0.4) is 0 Å². The van der Waals surface area contributed by atoms with Gasteiger partial charge in [-0.25, -0.2) is 5.48 Å². The fraction of sp³-hybridized carbons (Fsp3) is 0.192. The molecule has 0 saturated carbocycles. The van der Waals surface area contributed by atoms with Gasteiger partial charge in [-0.3, -0.25) is 10.0 Å². The fourth-order valence-electron chi connectivity index (χ4n) is 4.06. The third-order valence-corrected chi connectivity index (χ3v) is 5.65. The lowest BCUT2D eigenvalue weighted by molar-refractivity contribution is -0.124. The normalized spacial score (nSPS) is 15.3. The summed E-state index contributed by atoms with van der Waals surface area (Å²) in [6.07, 6.45) is 4.04. The molecule has 3 aromatic carbocycles. The molecule has 1 aliphatic rings. The topological polar surface area (TPSA) is 64.6 Å². The van der Waals surface area contributed by atoms with Crippen molar-refractivity contribution in [2.75, 3.05) is 18.0 Å². The highest BCUT2D eigenvalue weighted by molar-refractivity contribution is 5.90. The summed E-state index contributed by atoms with van der Waals surface area (Å²) >= 11 is 0. The predicted octanol–water partition coefficient (Wildman–Crippen LogP) is 4.62. The zero-order chi connectivity index (χ0) is 21.5. The molecular formula is C26H27N3O2. The summed E-state index contributed by atoms with van der Waals surface area (Å²) in [5.74, 6) is -0.0286. The molecule has 1 atom stereocenters. The summed E-state index contributed by atoms with van der Waals surface area (Å²) in [7, 11) is 0. The zero-order valence-electron chi connectivity index (χ0n) is 17.4. The number of fused-ring (bicyclic) bond motifs is 1. The van der Waals surface area contributed by atoms with Crippen molar-refractivity contribution >= 4 is 23.4 Å². The van der Waals surface area contributed by atoms with E-state index in [0.717, 1.165) is 31.6 Å². The number of carbonyl (C=O) groups excluding carboxylic acids is 1. The van der Waals surface area contributed by atoms with Crippen molar-refractivity contribution in [2.24, 2.45) is 0 Å². The molecule has 0 saturated heterocycles. The van der Waals surface area contributed by atoms with E-state index in [1.54, 1.807) is 11.6 Å². The van der Waals surface area contributed by atoms with Gasteiger partial charge in [0.2, 0.25) is 0 Å². The van der Waals surface area contributed by atoms with E-state index in [9.17, 15) is 4.79 Å². The Morgan fingerprint density at radius 3 is 2.52 bits per heavy atom. The van der Waals surface area contributed by atoms with Crippen LogP contribution in [0.5, 0.6) is 0 Å². The van der Waals surface area contributed by atoms with Gasteiger partial charge < -0.3 is 10.2 Å². The van der Waals surface area contributed by atoms with Crippen LogP contribution in [0.25, 0.3) is 6.08 Å². The molecule has 0 bridgehead atoms. The van der Waals surface area contributed by atoms with Gasteiger partial charge in [-0.05, 0) is 53.9 Å². The maximum absolute atomic E-state index is 11.1. The summed E-state index contributed by atoms with van der Waals surface area (Å²) in [6, 6.07) is 27.3. The van der Waals surface area contributed by atoms with Crippen molar-refractivity contribution in [3.05, 3.63) is 102 Å². The highest BCUT2D eigenvalue weighted by atomic mass is 16.5. The minimum absolute atomic E-state index is 0.508. The Morgan fingerprint density at radius 2 is 1.74 bits per heavy atom. The number of hydrogen-bond donors (Lipinski definition) is 3. The third kappa shape index (κ3) is 5.20. The number of carbonyl (C=O) groups is 1. The minimum atomic E-state index is -0.537. The summed E-state index contributed by atoms with van der Waals surface area (Å²) in [5.41, 5.74) is 7.68. The number of rotatable bonds is 8. The average Bonchev–Trinajstić information content (AvgIpc) is 3.20. The first-order valence-corrected chi connectivity index (χ1v) is 10.6. The maximum Gasteiger partial charge on any atom is 0.267 e. The van der Waals surface area contributed by atoms with Crippen LogP contribution in [0.2, 0.25) is 0 Å². The van der Waals surface area contributed by atoms with Gasteiger partial charge in [0.25, 0.3) is 5.91 Å². The standard InChI is InChI=1S/C26H27N3O2/c30-26(28-31)15-14-20-10-12-21(13-11-20)18-27-17-16-22-19-29(23-6-2-1-3-7-23)25-9-5-4-8-24(22)25/h1-15,22,27,31H,16-19H2,(H,28,30). The number of nitrogens with zero attached hydrogens (tertiary/aromatic N) is 1. The average molecular weight is 414 g/mol. The SMILES string of the molecule is O=C(C=Cc1ccc(CNCCC2CN(c3ccccc3)c3ccccc32)cc1)NO. The molecule has 5 nitrogen and oxygen atoms in total. The molecule has 0 aromatic heterocycles. The molecule has 0 radical (unpaired) electrons. The van der Waals surface area contributed by atoms with Crippen LogP contribution in [0.1, 0.15) is 29.0 Å². The highest BCUT2D eigenvalue weighted by Crippen LogP contribution is 2.41. The van der Waals surface area contributed by atoms with Gasteiger partial charge in [0.15, 0.2) is 0 Å². The van der Waals surface area contributed by atoms with Gasteiger partial charge >= 0.3 is 0 Å². The summed E-state index contributed by atoms with van der Waals surface area (Å²) < 4.78 is 0. The Morgan fingerprint density at radius 1 is 1.00 bits per heavy atom. The Balaban J connectivity index is 1.30. The Bertz CT molecular complexity index is 1030. The molecule has 31 heavy (non-hydrogen) atoms. The number of benzene rings is 3. The molecule has 1 heterocycles. The van der Waals surface area contributed by atoms with Gasteiger partial charge in [0, 0.05) is 36.5 Å². The predicted molar refractivity (Wildman–Crippen MR) is 124 cm³/mol. The van der Waals surface area contributed by atoms with Crippen molar-refractivity contribution in [3.63, 3.8) is 0 Å². The number of hydrogen-bond acceptors (Lipinski definition) is 4. The van der Waals surface area contributed by atoms with Crippen LogP contribution >= 0.6 is 0 Å². The monoisotopic (exact) mass is 413 g/mol. The Hall–Kier alpha value is -3.41. The molecule has 1 amide bonds. The number of hydroxylamine groups is 1. The van der Waals surface area contributed by atoms with Crippen molar-refractivity contribution < 1.29 is 10.0 Å². The molecule has 0 spiro atoms. The van der Waals surface area contributed by atoms with Crippen LogP contribution in [0, 0.1) is 0 Å². The molecule has 1 unspecified atom stereocenters. The van der Waals surface area contributed by atoms with Crippen LogP contribution in [-0.4, -0.2) is 24.2 Å². The molecule has 0 aliphatic carbocycles. The van der Waals surface area contributed by atoms with E-state index in [1.165, 1.54) is 28.6 Å². The molecule has 4 rings (SSSR count). The quantitative estimate of drug-likeness (QED) is 0.218. The van der Waals surface area contributed by atoms with E-state index < -0.39 is 5.91 Å². The summed E-state index contributed by atoms with van der Waals surface area (Å²) in [5, 5.41) is 12.1. The Kier molecular flexibility index (Phi) is 6.77. The van der Waals surface area contributed by atoms with Crippen LogP contribution in [0.4, 0.5) is 11.4 Å². The lowest BCUT2D eigenvalue weighted by Crippen LogP contribution is -2.20.